The van der Waals surface area contributed by atoms with Crippen LogP contribution in [0.2, 0.25) is 0 Å². The van der Waals surface area contributed by atoms with Gasteiger partial charge in [0, 0.05) is 24.5 Å². The van der Waals surface area contributed by atoms with Gasteiger partial charge in [0.1, 0.15) is 5.82 Å². The van der Waals surface area contributed by atoms with E-state index in [0.29, 0.717) is 0 Å². The number of carbonyl (C=O) groups excluding carboxylic acids is 1. The zero-order valence-corrected chi connectivity index (χ0v) is 15.5. The van der Waals surface area contributed by atoms with Gasteiger partial charge < -0.3 is 15.5 Å². The van der Waals surface area contributed by atoms with E-state index in [4.69, 9.17) is 0 Å². The summed E-state index contributed by atoms with van der Waals surface area (Å²) in [5, 5.41) is 6.10. The number of amides is 2. The van der Waals surface area contributed by atoms with E-state index in [-0.39, 0.29) is 17.4 Å². The molecule has 2 N–H and O–H groups in total. The van der Waals surface area contributed by atoms with Crippen molar-refractivity contribution < 1.29 is 9.18 Å². The summed E-state index contributed by atoms with van der Waals surface area (Å²) in [6.45, 7) is 2.15. The number of nitrogens with zero attached hydrogens (tertiary/aromatic N) is 1. The molecule has 1 saturated carbocycles. The summed E-state index contributed by atoms with van der Waals surface area (Å²) in [5.41, 5.74) is 2.53. The van der Waals surface area contributed by atoms with Crippen LogP contribution in [-0.4, -0.2) is 19.1 Å². The van der Waals surface area contributed by atoms with Gasteiger partial charge in [-0.25, -0.2) is 9.18 Å². The number of rotatable bonds is 4. The van der Waals surface area contributed by atoms with E-state index in [2.05, 4.69) is 21.6 Å². The van der Waals surface area contributed by atoms with Crippen LogP contribution in [0.5, 0.6) is 0 Å². The normalized spacial score (nSPS) is 18.5. The van der Waals surface area contributed by atoms with Crippen LogP contribution in [-0.2, 0) is 5.54 Å². The summed E-state index contributed by atoms with van der Waals surface area (Å²) >= 11 is 0. The van der Waals surface area contributed by atoms with Crippen LogP contribution in [0.3, 0.4) is 0 Å². The van der Waals surface area contributed by atoms with Gasteiger partial charge in [0.05, 0.1) is 5.54 Å². The van der Waals surface area contributed by atoms with E-state index in [1.165, 1.54) is 31.4 Å². The number of hydrogen-bond donors (Lipinski definition) is 2. The quantitative estimate of drug-likeness (QED) is 0.797. The highest BCUT2D eigenvalue weighted by atomic mass is 19.1. The lowest BCUT2D eigenvalue weighted by Crippen LogP contribution is -2.52. The van der Waals surface area contributed by atoms with Crippen molar-refractivity contribution in [3.05, 3.63) is 59.9 Å². The molecule has 4 nitrogen and oxygen atoms in total. The zero-order chi connectivity index (χ0) is 18.7. The summed E-state index contributed by atoms with van der Waals surface area (Å²) < 4.78 is 13.2. The highest BCUT2D eigenvalue weighted by molar-refractivity contribution is 5.90. The summed E-state index contributed by atoms with van der Waals surface area (Å²) in [5.74, 6) is -0.257. The monoisotopic (exact) mass is 367 g/mol. The molecule has 142 valence electrons. The highest BCUT2D eigenvalue weighted by Crippen LogP contribution is 2.41. The number of urea groups is 1. The lowest BCUT2D eigenvalue weighted by atomic mass is 9.72. The minimum atomic E-state index is -0.387. The molecule has 1 aliphatic carbocycles. The van der Waals surface area contributed by atoms with Crippen molar-refractivity contribution in [1.82, 2.24) is 5.32 Å². The Morgan fingerprint density at radius 3 is 2.37 bits per heavy atom. The van der Waals surface area contributed by atoms with Gasteiger partial charge in [0.25, 0.3) is 0 Å². The fourth-order valence-electron chi connectivity index (χ4n) is 4.10. The fourth-order valence-corrected chi connectivity index (χ4v) is 4.10. The Labute approximate surface area is 159 Å². The molecule has 0 spiro atoms. The zero-order valence-electron chi connectivity index (χ0n) is 15.5. The maximum atomic E-state index is 13.2. The van der Waals surface area contributed by atoms with Crippen LogP contribution in [0, 0.1) is 5.82 Å². The molecule has 2 amide bonds. The van der Waals surface area contributed by atoms with Gasteiger partial charge in [-0.1, -0.05) is 18.2 Å². The smallest absolute Gasteiger partial charge is 0.319 e. The van der Waals surface area contributed by atoms with Crippen molar-refractivity contribution in [3.8, 4) is 0 Å². The highest BCUT2D eigenvalue weighted by Gasteiger charge is 2.40. The minimum absolute atomic E-state index is 0.213. The van der Waals surface area contributed by atoms with Gasteiger partial charge >= 0.3 is 6.03 Å². The van der Waals surface area contributed by atoms with Crippen molar-refractivity contribution in [2.75, 3.05) is 23.3 Å². The fraction of sp³-hybridized carbons (Fsp3) is 0.409. The standard InChI is InChI=1S/C22H26FN3O/c23-18-10-8-17(9-11-18)22(12-5-13-22)25-21(27)24-19-6-4-7-20(16-19)26-14-2-1-3-15-26/h4,6-11,16H,1-3,5,12-15H2,(H2,24,25,27). The van der Waals surface area contributed by atoms with Crippen LogP contribution in [0.25, 0.3) is 0 Å². The van der Waals surface area contributed by atoms with Crippen LogP contribution >= 0.6 is 0 Å². The van der Waals surface area contributed by atoms with E-state index in [0.717, 1.165) is 49.3 Å². The molecule has 1 aliphatic heterocycles. The Hall–Kier alpha value is -2.56. The first kappa shape index (κ1) is 17.8. The Morgan fingerprint density at radius 2 is 1.70 bits per heavy atom. The number of piperidine rings is 1. The van der Waals surface area contributed by atoms with Gasteiger partial charge in [-0.3, -0.25) is 0 Å². The van der Waals surface area contributed by atoms with Gasteiger partial charge in [0.15, 0.2) is 0 Å². The second-order valence-corrected chi connectivity index (χ2v) is 7.62. The topological polar surface area (TPSA) is 44.4 Å². The van der Waals surface area contributed by atoms with Crippen LogP contribution in [0.15, 0.2) is 48.5 Å². The van der Waals surface area contributed by atoms with E-state index in [9.17, 15) is 9.18 Å². The summed E-state index contributed by atoms with van der Waals surface area (Å²) in [6, 6.07) is 14.3. The Morgan fingerprint density at radius 1 is 0.963 bits per heavy atom. The molecule has 0 unspecified atom stereocenters. The number of nitrogens with one attached hydrogen (secondary N) is 2. The van der Waals surface area contributed by atoms with Crippen LogP contribution in [0.4, 0.5) is 20.6 Å². The van der Waals surface area contributed by atoms with E-state index in [1.807, 2.05) is 18.2 Å². The lowest BCUT2D eigenvalue weighted by molar-refractivity contribution is 0.185. The van der Waals surface area contributed by atoms with Gasteiger partial charge in [-0.15, -0.1) is 0 Å². The average molecular weight is 367 g/mol. The first-order valence-corrected chi connectivity index (χ1v) is 9.85. The molecule has 1 saturated heterocycles. The molecule has 2 aromatic rings. The van der Waals surface area contributed by atoms with Crippen molar-refractivity contribution >= 4 is 17.4 Å². The minimum Gasteiger partial charge on any atom is -0.371 e. The molecule has 0 radical (unpaired) electrons. The van der Waals surface area contributed by atoms with E-state index < -0.39 is 0 Å². The van der Waals surface area contributed by atoms with Crippen LogP contribution < -0.4 is 15.5 Å². The summed E-state index contributed by atoms with van der Waals surface area (Å²) in [7, 11) is 0. The predicted octanol–water partition coefficient (Wildman–Crippen LogP) is 5.02. The first-order valence-electron chi connectivity index (χ1n) is 9.85. The van der Waals surface area contributed by atoms with Crippen molar-refractivity contribution in [2.45, 2.75) is 44.1 Å². The molecule has 27 heavy (non-hydrogen) atoms. The Kier molecular flexibility index (Phi) is 5.01. The molecule has 0 atom stereocenters. The third-order valence-corrected chi connectivity index (χ3v) is 5.78. The van der Waals surface area contributed by atoms with Crippen molar-refractivity contribution in [2.24, 2.45) is 0 Å². The summed E-state index contributed by atoms with van der Waals surface area (Å²) in [6.07, 6.45) is 6.54. The molecule has 2 aliphatic rings. The number of benzene rings is 2. The predicted molar refractivity (Wildman–Crippen MR) is 107 cm³/mol. The maximum absolute atomic E-state index is 13.2. The molecule has 1 heterocycles. The molecule has 0 aromatic heterocycles. The van der Waals surface area contributed by atoms with Gasteiger partial charge in [0.2, 0.25) is 0 Å². The molecular formula is C22H26FN3O. The largest absolute Gasteiger partial charge is 0.371 e. The average Bonchev–Trinajstić information content (AvgIpc) is 2.66. The summed E-state index contributed by atoms with van der Waals surface area (Å²) in [4.78, 5) is 15.0. The molecule has 4 rings (SSSR count). The number of halogens is 1. The third kappa shape index (κ3) is 3.92. The molecule has 2 aromatic carbocycles. The number of anilines is 2. The second-order valence-electron chi connectivity index (χ2n) is 7.62. The molecular weight excluding hydrogens is 341 g/mol. The number of hydrogen-bond acceptors (Lipinski definition) is 2. The Balaban J connectivity index is 1.43. The first-order chi connectivity index (χ1) is 13.1. The van der Waals surface area contributed by atoms with Gasteiger partial charge in [-0.05, 0) is 74.4 Å². The van der Waals surface area contributed by atoms with Gasteiger partial charge in [-0.2, -0.15) is 0 Å². The lowest BCUT2D eigenvalue weighted by Gasteiger charge is -2.43. The Bertz CT molecular complexity index is 795. The van der Waals surface area contributed by atoms with E-state index >= 15 is 0 Å². The van der Waals surface area contributed by atoms with Crippen molar-refractivity contribution in [1.29, 1.82) is 0 Å². The molecule has 5 heteroatoms. The van der Waals surface area contributed by atoms with Crippen LogP contribution in [0.1, 0.15) is 44.1 Å². The van der Waals surface area contributed by atoms with Crippen molar-refractivity contribution in [3.63, 3.8) is 0 Å². The third-order valence-electron chi connectivity index (χ3n) is 5.78. The molecule has 2 fully saturated rings. The second kappa shape index (κ2) is 7.59. The maximum Gasteiger partial charge on any atom is 0.319 e. The van der Waals surface area contributed by atoms with E-state index in [1.54, 1.807) is 12.1 Å². The SMILES string of the molecule is O=C(Nc1cccc(N2CCCCC2)c1)NC1(c2ccc(F)cc2)CCC1. The number of carbonyl (C=O) groups is 1. The molecule has 0 bridgehead atoms.